The Morgan fingerprint density at radius 3 is 2.26 bits per heavy atom. The number of amides is 1. The highest BCUT2D eigenvalue weighted by molar-refractivity contribution is 7.89. The number of nitrogens with two attached hydrogens (primary N) is 1. The molecule has 0 saturated carbocycles. The molecule has 0 aliphatic heterocycles. The molecule has 0 aromatic heterocycles. The minimum Gasteiger partial charge on any atom is -0.339 e. The van der Waals surface area contributed by atoms with Crippen LogP contribution in [-0.2, 0) is 10.0 Å². The lowest BCUT2D eigenvalue weighted by Crippen LogP contribution is -2.30. The Balaban J connectivity index is 3.40. The highest BCUT2D eigenvalue weighted by Gasteiger charge is 2.20. The fourth-order valence-electron chi connectivity index (χ4n) is 1.76. The Kier molecular flexibility index (Phi) is 4.95. The van der Waals surface area contributed by atoms with Crippen molar-refractivity contribution in [2.75, 3.05) is 13.1 Å². The lowest BCUT2D eigenvalue weighted by atomic mass is 10.1. The number of hydrogen-bond donors (Lipinski definition) is 1. The smallest absolute Gasteiger partial charge is 0.253 e. The maximum absolute atomic E-state index is 12.2. The fourth-order valence-corrected chi connectivity index (χ4v) is 2.89. The number of nitrogens with zero attached hydrogens (tertiary/aromatic N) is 1. The number of halogens is 1. The maximum atomic E-state index is 12.2. The van der Waals surface area contributed by atoms with Gasteiger partial charge in [-0.05, 0) is 38.5 Å². The van der Waals surface area contributed by atoms with E-state index in [9.17, 15) is 13.2 Å². The Hall–Kier alpha value is -1.11. The molecule has 0 aliphatic carbocycles. The van der Waals surface area contributed by atoms with Gasteiger partial charge in [0.05, 0.1) is 5.02 Å². The molecular weight excluding hydrogens is 288 g/mol. The van der Waals surface area contributed by atoms with Crippen LogP contribution in [0.3, 0.4) is 0 Å². The van der Waals surface area contributed by atoms with Gasteiger partial charge in [0.1, 0.15) is 4.90 Å². The summed E-state index contributed by atoms with van der Waals surface area (Å²) >= 11 is 5.92. The molecule has 0 radical (unpaired) electrons. The predicted octanol–water partition coefficient (Wildman–Crippen LogP) is 1.78. The summed E-state index contributed by atoms with van der Waals surface area (Å²) < 4.78 is 22.9. The normalized spacial score (nSPS) is 11.4. The molecule has 0 spiro atoms. The van der Waals surface area contributed by atoms with Crippen molar-refractivity contribution in [1.82, 2.24) is 4.90 Å². The molecule has 0 unspecified atom stereocenters. The van der Waals surface area contributed by atoms with E-state index in [2.05, 4.69) is 0 Å². The molecule has 1 aromatic carbocycles. The van der Waals surface area contributed by atoms with E-state index >= 15 is 0 Å². The SMILES string of the molecule is CCN(CC)C(=O)c1cc(C)c(Cl)c(S(N)(=O)=O)c1. The molecule has 106 valence electrons. The molecule has 0 bridgehead atoms. The molecule has 0 heterocycles. The summed E-state index contributed by atoms with van der Waals surface area (Å²) in [6.07, 6.45) is 0. The number of benzene rings is 1. The monoisotopic (exact) mass is 304 g/mol. The Morgan fingerprint density at radius 1 is 1.32 bits per heavy atom. The van der Waals surface area contributed by atoms with Crippen LogP contribution in [0.25, 0.3) is 0 Å². The summed E-state index contributed by atoms with van der Waals surface area (Å²) in [6, 6.07) is 2.79. The van der Waals surface area contributed by atoms with Crippen LogP contribution in [0.4, 0.5) is 0 Å². The van der Waals surface area contributed by atoms with E-state index in [4.69, 9.17) is 16.7 Å². The quantitative estimate of drug-likeness (QED) is 0.920. The average molecular weight is 305 g/mol. The number of aryl methyl sites for hydroxylation is 1. The molecule has 1 aromatic rings. The fraction of sp³-hybridized carbons (Fsp3) is 0.417. The standard InChI is InChI=1S/C12H17ClN2O3S/c1-4-15(5-2)12(16)9-6-8(3)11(13)10(7-9)19(14,17)18/h6-7H,4-5H2,1-3H3,(H2,14,17,18). The van der Waals surface area contributed by atoms with Crippen molar-refractivity contribution in [3.8, 4) is 0 Å². The molecule has 0 saturated heterocycles. The zero-order chi connectivity index (χ0) is 14.8. The third-order valence-electron chi connectivity index (χ3n) is 2.83. The number of carbonyl (C=O) groups excluding carboxylic acids is 1. The molecule has 0 aliphatic rings. The van der Waals surface area contributed by atoms with Crippen LogP contribution in [0.5, 0.6) is 0 Å². The van der Waals surface area contributed by atoms with Gasteiger partial charge >= 0.3 is 0 Å². The molecule has 0 fully saturated rings. The van der Waals surface area contributed by atoms with E-state index in [0.29, 0.717) is 18.7 Å². The average Bonchev–Trinajstić information content (AvgIpc) is 2.32. The van der Waals surface area contributed by atoms with Gasteiger partial charge in [0, 0.05) is 18.7 Å². The van der Waals surface area contributed by atoms with Crippen LogP contribution in [0.2, 0.25) is 5.02 Å². The van der Waals surface area contributed by atoms with Crippen LogP contribution in [0.1, 0.15) is 29.8 Å². The minimum absolute atomic E-state index is 0.0543. The lowest BCUT2D eigenvalue weighted by molar-refractivity contribution is 0.0772. The first-order valence-electron chi connectivity index (χ1n) is 5.84. The summed E-state index contributed by atoms with van der Waals surface area (Å²) in [7, 11) is -3.95. The van der Waals surface area contributed by atoms with E-state index in [1.165, 1.54) is 6.07 Å². The van der Waals surface area contributed by atoms with Crippen molar-refractivity contribution in [3.05, 3.63) is 28.3 Å². The van der Waals surface area contributed by atoms with E-state index in [-0.39, 0.29) is 21.4 Å². The molecule has 0 atom stereocenters. The first-order chi connectivity index (χ1) is 8.72. The van der Waals surface area contributed by atoms with Crippen molar-refractivity contribution < 1.29 is 13.2 Å². The predicted molar refractivity (Wildman–Crippen MR) is 74.8 cm³/mol. The van der Waals surface area contributed by atoms with Crippen LogP contribution < -0.4 is 5.14 Å². The Labute approximate surface area is 118 Å². The number of sulfonamides is 1. The van der Waals surface area contributed by atoms with E-state index in [1.807, 2.05) is 13.8 Å². The van der Waals surface area contributed by atoms with Crippen LogP contribution in [-0.4, -0.2) is 32.3 Å². The van der Waals surface area contributed by atoms with E-state index in [0.717, 1.165) is 0 Å². The summed E-state index contributed by atoms with van der Waals surface area (Å²) in [5.41, 5.74) is 0.776. The van der Waals surface area contributed by atoms with Gasteiger partial charge < -0.3 is 4.90 Å². The van der Waals surface area contributed by atoms with Crippen LogP contribution in [0, 0.1) is 6.92 Å². The third-order valence-corrected chi connectivity index (χ3v) is 4.37. The van der Waals surface area contributed by atoms with Crippen molar-refractivity contribution in [1.29, 1.82) is 0 Å². The van der Waals surface area contributed by atoms with Gasteiger partial charge in [-0.3, -0.25) is 4.79 Å². The molecule has 1 amide bonds. The number of primary sulfonamides is 1. The molecule has 7 heteroatoms. The van der Waals surface area contributed by atoms with Gasteiger partial charge in [0.15, 0.2) is 0 Å². The van der Waals surface area contributed by atoms with Gasteiger partial charge in [-0.25, -0.2) is 13.6 Å². The second-order valence-corrected chi connectivity index (χ2v) is 6.04. The molecule has 1 rings (SSSR count). The second-order valence-electron chi connectivity index (χ2n) is 4.13. The third kappa shape index (κ3) is 3.46. The van der Waals surface area contributed by atoms with Crippen LogP contribution in [0.15, 0.2) is 17.0 Å². The van der Waals surface area contributed by atoms with Gasteiger partial charge in [-0.1, -0.05) is 11.6 Å². The van der Waals surface area contributed by atoms with Gasteiger partial charge in [0.2, 0.25) is 10.0 Å². The largest absolute Gasteiger partial charge is 0.339 e. The highest BCUT2D eigenvalue weighted by atomic mass is 35.5. The van der Waals surface area contributed by atoms with Gasteiger partial charge in [-0.2, -0.15) is 0 Å². The molecular formula is C12H17ClN2O3S. The first kappa shape index (κ1) is 15.9. The van der Waals surface area contributed by atoms with Crippen molar-refractivity contribution >= 4 is 27.5 Å². The van der Waals surface area contributed by atoms with E-state index in [1.54, 1.807) is 17.9 Å². The number of rotatable bonds is 4. The molecule has 5 nitrogen and oxygen atoms in total. The zero-order valence-electron chi connectivity index (χ0n) is 11.1. The summed E-state index contributed by atoms with van der Waals surface area (Å²) in [6.45, 7) is 6.43. The Bertz CT molecular complexity index is 595. The second kappa shape index (κ2) is 5.90. The zero-order valence-corrected chi connectivity index (χ0v) is 12.7. The molecule has 2 N–H and O–H groups in total. The van der Waals surface area contributed by atoms with E-state index < -0.39 is 10.0 Å². The summed E-state index contributed by atoms with van der Waals surface area (Å²) in [4.78, 5) is 13.6. The van der Waals surface area contributed by atoms with Crippen molar-refractivity contribution in [2.45, 2.75) is 25.7 Å². The highest BCUT2D eigenvalue weighted by Crippen LogP contribution is 2.26. The maximum Gasteiger partial charge on any atom is 0.253 e. The summed E-state index contributed by atoms with van der Waals surface area (Å²) in [5, 5.41) is 5.15. The number of carbonyl (C=O) groups is 1. The van der Waals surface area contributed by atoms with Crippen molar-refractivity contribution in [2.24, 2.45) is 5.14 Å². The van der Waals surface area contributed by atoms with Crippen LogP contribution >= 0.6 is 11.6 Å². The van der Waals surface area contributed by atoms with Gasteiger partial charge in [0.25, 0.3) is 5.91 Å². The molecule has 19 heavy (non-hydrogen) atoms. The Morgan fingerprint density at radius 2 is 1.84 bits per heavy atom. The summed E-state index contributed by atoms with van der Waals surface area (Å²) in [5.74, 6) is -0.241. The lowest BCUT2D eigenvalue weighted by Gasteiger charge is -2.19. The topological polar surface area (TPSA) is 80.5 Å². The first-order valence-corrected chi connectivity index (χ1v) is 7.77. The van der Waals surface area contributed by atoms with Crippen molar-refractivity contribution in [3.63, 3.8) is 0 Å². The minimum atomic E-state index is -3.95. The van der Waals surface area contributed by atoms with Gasteiger partial charge in [-0.15, -0.1) is 0 Å². The number of hydrogen-bond acceptors (Lipinski definition) is 3.